The molecular formula is C11H13F4O4P. The highest BCUT2D eigenvalue weighted by Gasteiger charge is 2.33. The fourth-order valence-electron chi connectivity index (χ4n) is 1.28. The van der Waals surface area contributed by atoms with Gasteiger partial charge in [0.05, 0.1) is 18.8 Å². The van der Waals surface area contributed by atoms with Gasteiger partial charge in [0, 0.05) is 0 Å². The van der Waals surface area contributed by atoms with E-state index in [-0.39, 0.29) is 19.3 Å². The van der Waals surface area contributed by atoms with Gasteiger partial charge in [-0.2, -0.15) is 13.2 Å². The Hall–Kier alpha value is -1.11. The summed E-state index contributed by atoms with van der Waals surface area (Å²) in [7, 11) is -4.05. The van der Waals surface area contributed by atoms with Crippen LogP contribution in [0.5, 0.6) is 5.75 Å². The molecule has 0 spiro atoms. The van der Waals surface area contributed by atoms with Crippen LogP contribution in [0.1, 0.15) is 19.4 Å². The van der Waals surface area contributed by atoms with Crippen LogP contribution in [0.3, 0.4) is 0 Å². The van der Waals surface area contributed by atoms with Gasteiger partial charge in [0.25, 0.3) is 0 Å². The second kappa shape index (κ2) is 6.56. The first kappa shape index (κ1) is 16.9. The van der Waals surface area contributed by atoms with Crippen molar-refractivity contribution < 1.29 is 35.7 Å². The van der Waals surface area contributed by atoms with E-state index in [0.29, 0.717) is 6.07 Å². The summed E-state index contributed by atoms with van der Waals surface area (Å²) in [6, 6.07) is 1.58. The molecule has 1 aromatic rings. The lowest BCUT2D eigenvalue weighted by molar-refractivity contribution is -0.137. The minimum absolute atomic E-state index is 0.0282. The van der Waals surface area contributed by atoms with E-state index in [1.54, 1.807) is 0 Å². The normalized spacial score (nSPS) is 12.5. The van der Waals surface area contributed by atoms with Crippen molar-refractivity contribution in [2.75, 3.05) is 13.2 Å². The average molecular weight is 316 g/mol. The summed E-state index contributed by atoms with van der Waals surface area (Å²) in [5.41, 5.74) is -1.18. The molecule has 1 aromatic carbocycles. The number of hydrogen-bond donors (Lipinski definition) is 0. The van der Waals surface area contributed by atoms with Crippen LogP contribution in [0, 0.1) is 5.82 Å². The van der Waals surface area contributed by atoms with Crippen LogP contribution in [0.15, 0.2) is 18.2 Å². The predicted molar refractivity (Wildman–Crippen MR) is 62.9 cm³/mol. The number of phosphoric acid groups is 1. The third kappa shape index (κ3) is 4.47. The van der Waals surface area contributed by atoms with Gasteiger partial charge in [-0.1, -0.05) is 0 Å². The quantitative estimate of drug-likeness (QED) is 0.576. The average Bonchev–Trinajstić information content (AvgIpc) is 2.31. The van der Waals surface area contributed by atoms with Gasteiger partial charge in [-0.25, -0.2) is 8.96 Å². The highest BCUT2D eigenvalue weighted by atomic mass is 31.2. The summed E-state index contributed by atoms with van der Waals surface area (Å²) in [5.74, 6) is -1.94. The van der Waals surface area contributed by atoms with Crippen LogP contribution < -0.4 is 4.52 Å². The van der Waals surface area contributed by atoms with Gasteiger partial charge in [-0.15, -0.1) is 0 Å². The zero-order valence-corrected chi connectivity index (χ0v) is 11.6. The number of rotatable bonds is 6. The topological polar surface area (TPSA) is 44.8 Å². The second-order valence-electron chi connectivity index (χ2n) is 3.52. The van der Waals surface area contributed by atoms with Gasteiger partial charge >= 0.3 is 14.0 Å². The fraction of sp³-hybridized carbons (Fsp3) is 0.455. The van der Waals surface area contributed by atoms with Crippen molar-refractivity contribution >= 4 is 7.82 Å². The molecule has 0 N–H and O–H groups in total. The molecule has 0 aromatic heterocycles. The van der Waals surface area contributed by atoms with Crippen LogP contribution in [0.25, 0.3) is 0 Å². The maximum absolute atomic E-state index is 13.5. The predicted octanol–water partition coefficient (Wildman–Crippen LogP) is 4.40. The molecular weight excluding hydrogens is 303 g/mol. The van der Waals surface area contributed by atoms with Crippen molar-refractivity contribution in [3.05, 3.63) is 29.6 Å². The second-order valence-corrected chi connectivity index (χ2v) is 5.11. The smallest absolute Gasteiger partial charge is 0.401 e. The number of benzene rings is 1. The van der Waals surface area contributed by atoms with Crippen molar-refractivity contribution in [2.24, 2.45) is 0 Å². The molecule has 9 heteroatoms. The van der Waals surface area contributed by atoms with E-state index < -0.39 is 31.1 Å². The Morgan fingerprint density at radius 2 is 1.70 bits per heavy atom. The first-order valence-corrected chi connectivity index (χ1v) is 7.13. The minimum Gasteiger partial charge on any atom is -0.401 e. The number of phosphoric ester groups is 1. The maximum atomic E-state index is 13.5. The van der Waals surface area contributed by atoms with Crippen molar-refractivity contribution in [1.29, 1.82) is 0 Å². The van der Waals surface area contributed by atoms with Gasteiger partial charge in [0.1, 0.15) is 0 Å². The van der Waals surface area contributed by atoms with Gasteiger partial charge in [0.2, 0.25) is 0 Å². The molecule has 0 aliphatic carbocycles. The van der Waals surface area contributed by atoms with Crippen LogP contribution in [-0.4, -0.2) is 13.2 Å². The van der Waals surface area contributed by atoms with Gasteiger partial charge in [-0.05, 0) is 32.0 Å². The monoisotopic (exact) mass is 316 g/mol. The van der Waals surface area contributed by atoms with Gasteiger partial charge in [0.15, 0.2) is 11.6 Å². The molecule has 0 bridgehead atoms. The molecule has 0 aliphatic rings. The number of hydrogen-bond acceptors (Lipinski definition) is 4. The third-order valence-electron chi connectivity index (χ3n) is 2.04. The molecule has 4 nitrogen and oxygen atoms in total. The zero-order valence-electron chi connectivity index (χ0n) is 10.7. The van der Waals surface area contributed by atoms with Crippen LogP contribution in [0.2, 0.25) is 0 Å². The molecule has 0 saturated carbocycles. The Morgan fingerprint density at radius 3 is 2.10 bits per heavy atom. The van der Waals surface area contributed by atoms with E-state index in [1.807, 2.05) is 0 Å². The van der Waals surface area contributed by atoms with Crippen molar-refractivity contribution in [2.45, 2.75) is 20.0 Å². The molecule has 0 saturated heterocycles. The Balaban J connectivity index is 3.00. The van der Waals surface area contributed by atoms with E-state index in [4.69, 9.17) is 13.6 Å². The van der Waals surface area contributed by atoms with E-state index in [1.165, 1.54) is 13.8 Å². The van der Waals surface area contributed by atoms with Crippen LogP contribution in [0.4, 0.5) is 17.6 Å². The molecule has 1 rings (SSSR count). The molecule has 0 fully saturated rings. The zero-order chi connectivity index (χ0) is 15.4. The summed E-state index contributed by atoms with van der Waals surface area (Å²) in [5, 5.41) is 0. The summed E-state index contributed by atoms with van der Waals surface area (Å²) in [4.78, 5) is 0. The molecule has 114 valence electrons. The van der Waals surface area contributed by atoms with Crippen molar-refractivity contribution in [3.63, 3.8) is 0 Å². The summed E-state index contributed by atoms with van der Waals surface area (Å²) >= 11 is 0. The summed E-state index contributed by atoms with van der Waals surface area (Å²) in [6.07, 6.45) is -4.68. The highest BCUT2D eigenvalue weighted by Crippen LogP contribution is 2.50. The molecule has 0 heterocycles. The van der Waals surface area contributed by atoms with Crippen molar-refractivity contribution in [1.82, 2.24) is 0 Å². The van der Waals surface area contributed by atoms with Gasteiger partial charge < -0.3 is 4.52 Å². The Kier molecular flexibility index (Phi) is 5.56. The molecule has 0 atom stereocenters. The van der Waals surface area contributed by atoms with Crippen molar-refractivity contribution in [3.8, 4) is 5.75 Å². The Morgan fingerprint density at radius 1 is 1.15 bits per heavy atom. The lowest BCUT2D eigenvalue weighted by Crippen LogP contribution is -2.07. The maximum Gasteiger partial charge on any atom is 0.530 e. The molecule has 0 amide bonds. The van der Waals surface area contributed by atoms with Gasteiger partial charge in [-0.3, -0.25) is 9.05 Å². The van der Waals surface area contributed by atoms with E-state index in [0.717, 1.165) is 6.07 Å². The SMILES string of the molecule is CCOP(=O)(OCC)Oc1ccc(C(F)(F)F)cc1F. The largest absolute Gasteiger partial charge is 0.530 e. The minimum atomic E-state index is -4.68. The molecule has 0 unspecified atom stereocenters. The molecule has 20 heavy (non-hydrogen) atoms. The first-order chi connectivity index (χ1) is 9.22. The standard InChI is InChI=1S/C11H13F4O4P/c1-3-17-20(16,18-4-2)19-10-6-5-8(7-9(10)12)11(13,14)15/h5-7H,3-4H2,1-2H3. The number of alkyl halides is 3. The van der Waals surface area contributed by atoms with Crippen LogP contribution in [-0.2, 0) is 19.8 Å². The summed E-state index contributed by atoms with van der Waals surface area (Å²) in [6.45, 7) is 2.97. The lowest BCUT2D eigenvalue weighted by atomic mass is 10.2. The Bertz CT molecular complexity index is 494. The first-order valence-electron chi connectivity index (χ1n) is 5.67. The summed E-state index contributed by atoms with van der Waals surface area (Å²) < 4.78 is 76.8. The van der Waals surface area contributed by atoms with E-state index >= 15 is 0 Å². The molecule has 0 aliphatic heterocycles. The highest BCUT2D eigenvalue weighted by molar-refractivity contribution is 7.48. The van der Waals surface area contributed by atoms with E-state index in [2.05, 4.69) is 0 Å². The third-order valence-corrected chi connectivity index (χ3v) is 3.61. The lowest BCUT2D eigenvalue weighted by Gasteiger charge is -2.17. The van der Waals surface area contributed by atoms with Crippen LogP contribution >= 0.6 is 7.82 Å². The molecule has 0 radical (unpaired) electrons. The number of halogens is 4. The Labute approximate surface area is 113 Å². The van der Waals surface area contributed by atoms with E-state index in [9.17, 15) is 22.1 Å². The fourth-order valence-corrected chi connectivity index (χ4v) is 2.48.